The highest BCUT2D eigenvalue weighted by Crippen LogP contribution is 2.17. The van der Waals surface area contributed by atoms with E-state index in [1.54, 1.807) is 31.6 Å². The molecule has 0 spiro atoms. The highest BCUT2D eigenvalue weighted by atomic mass is 16.5. The minimum absolute atomic E-state index is 0.141. The van der Waals surface area contributed by atoms with Crippen LogP contribution in [-0.4, -0.2) is 23.5 Å². The van der Waals surface area contributed by atoms with Crippen molar-refractivity contribution in [1.82, 2.24) is 4.98 Å². The van der Waals surface area contributed by atoms with Gasteiger partial charge in [-0.3, -0.25) is 9.78 Å². The lowest BCUT2D eigenvalue weighted by Crippen LogP contribution is -2.23. The second-order valence-corrected chi connectivity index (χ2v) is 4.12. The number of hydrogen-bond acceptors (Lipinski definition) is 3. The first-order valence-corrected chi connectivity index (χ1v) is 5.03. The van der Waals surface area contributed by atoms with Crippen molar-refractivity contribution in [3.8, 4) is 0 Å². The molecule has 0 atom stereocenters. The molecule has 0 saturated carbocycles. The number of carbonyl (C=O) groups excluding carboxylic acids is 1. The monoisotopic (exact) mass is 207 g/mol. The Hall–Kier alpha value is -1.22. The quantitative estimate of drug-likeness (QED) is 0.696. The predicted octanol–water partition coefficient (Wildman–Crippen LogP) is 2.47. The summed E-state index contributed by atoms with van der Waals surface area (Å²) in [5.74, 6) is 0.141. The van der Waals surface area contributed by atoms with Crippen LogP contribution in [0.2, 0.25) is 0 Å². The van der Waals surface area contributed by atoms with Crippen LogP contribution in [0, 0.1) is 0 Å². The van der Waals surface area contributed by atoms with Crippen molar-refractivity contribution in [1.29, 1.82) is 0 Å². The lowest BCUT2D eigenvalue weighted by atomic mass is 9.98. The van der Waals surface area contributed by atoms with Gasteiger partial charge in [0.05, 0.1) is 5.60 Å². The van der Waals surface area contributed by atoms with E-state index in [0.29, 0.717) is 6.42 Å². The molecule has 0 amide bonds. The van der Waals surface area contributed by atoms with Crippen molar-refractivity contribution in [2.24, 2.45) is 0 Å². The molecule has 15 heavy (non-hydrogen) atoms. The number of ketones is 1. The Morgan fingerprint density at radius 3 is 2.53 bits per heavy atom. The lowest BCUT2D eigenvalue weighted by molar-refractivity contribution is 0.0141. The van der Waals surface area contributed by atoms with Gasteiger partial charge < -0.3 is 4.74 Å². The van der Waals surface area contributed by atoms with E-state index in [-0.39, 0.29) is 11.4 Å². The zero-order valence-electron chi connectivity index (χ0n) is 9.49. The van der Waals surface area contributed by atoms with Crippen molar-refractivity contribution in [3.05, 3.63) is 30.1 Å². The maximum absolute atomic E-state index is 11.7. The molecule has 1 rings (SSSR count). The van der Waals surface area contributed by atoms with Crippen LogP contribution < -0.4 is 0 Å². The molecule has 0 radical (unpaired) electrons. The number of rotatable bonds is 5. The molecular formula is C12H17NO2. The maximum atomic E-state index is 11.7. The molecule has 0 aromatic carbocycles. The number of carbonyl (C=O) groups is 1. The molecule has 0 unspecified atom stereocenters. The average molecular weight is 207 g/mol. The summed E-state index contributed by atoms with van der Waals surface area (Å²) in [5.41, 5.74) is 0.486. The van der Waals surface area contributed by atoms with Gasteiger partial charge in [0, 0.05) is 31.5 Å². The highest BCUT2D eigenvalue weighted by molar-refractivity contribution is 5.95. The molecule has 0 aliphatic heterocycles. The number of hydrogen-bond donors (Lipinski definition) is 0. The zero-order chi connectivity index (χ0) is 11.3. The largest absolute Gasteiger partial charge is 0.379 e. The zero-order valence-corrected chi connectivity index (χ0v) is 9.49. The van der Waals surface area contributed by atoms with E-state index < -0.39 is 0 Å². The number of ether oxygens (including phenoxy) is 1. The Balaban J connectivity index is 2.51. The van der Waals surface area contributed by atoms with Gasteiger partial charge in [0.15, 0.2) is 5.78 Å². The van der Waals surface area contributed by atoms with Crippen LogP contribution in [0.15, 0.2) is 24.5 Å². The molecule has 3 nitrogen and oxygen atoms in total. The molecule has 82 valence electrons. The Labute approximate surface area is 90.5 Å². The molecule has 0 fully saturated rings. The summed E-state index contributed by atoms with van der Waals surface area (Å²) in [6, 6.07) is 3.48. The fourth-order valence-corrected chi connectivity index (χ4v) is 1.20. The summed E-state index contributed by atoms with van der Waals surface area (Å²) >= 11 is 0. The van der Waals surface area contributed by atoms with Crippen LogP contribution in [0.3, 0.4) is 0 Å². The van der Waals surface area contributed by atoms with Crippen molar-refractivity contribution >= 4 is 5.78 Å². The Morgan fingerprint density at radius 1 is 1.40 bits per heavy atom. The van der Waals surface area contributed by atoms with Gasteiger partial charge in [0.25, 0.3) is 0 Å². The number of Topliss-reactive ketones (excluding diaryl/α,β-unsaturated/α-hetero) is 1. The molecule has 0 N–H and O–H groups in total. The number of aromatic nitrogens is 1. The number of nitrogens with zero attached hydrogens (tertiary/aromatic N) is 1. The molecule has 1 aromatic heterocycles. The van der Waals surface area contributed by atoms with Crippen LogP contribution >= 0.6 is 0 Å². The fraction of sp³-hybridized carbons (Fsp3) is 0.500. The first kappa shape index (κ1) is 11.9. The van der Waals surface area contributed by atoms with E-state index >= 15 is 0 Å². The van der Waals surface area contributed by atoms with Crippen molar-refractivity contribution in [3.63, 3.8) is 0 Å². The summed E-state index contributed by atoms with van der Waals surface area (Å²) in [6.45, 7) is 3.96. The van der Waals surface area contributed by atoms with Gasteiger partial charge in [-0.25, -0.2) is 0 Å². The first-order valence-electron chi connectivity index (χ1n) is 5.03. The first-order chi connectivity index (χ1) is 7.05. The van der Waals surface area contributed by atoms with Crippen LogP contribution in [0.5, 0.6) is 0 Å². The summed E-state index contributed by atoms with van der Waals surface area (Å²) < 4.78 is 5.26. The molecule has 1 aromatic rings. The lowest BCUT2D eigenvalue weighted by Gasteiger charge is -2.22. The minimum atomic E-state index is -0.233. The van der Waals surface area contributed by atoms with E-state index in [2.05, 4.69) is 4.98 Å². The Kier molecular flexibility index (Phi) is 3.97. The molecule has 0 bridgehead atoms. The van der Waals surface area contributed by atoms with Gasteiger partial charge in [-0.15, -0.1) is 0 Å². The molecule has 1 heterocycles. The van der Waals surface area contributed by atoms with E-state index in [1.165, 1.54) is 0 Å². The van der Waals surface area contributed by atoms with Gasteiger partial charge in [-0.1, -0.05) is 0 Å². The fourth-order valence-electron chi connectivity index (χ4n) is 1.20. The Bertz CT molecular complexity index is 320. The molecule has 0 saturated heterocycles. The van der Waals surface area contributed by atoms with Crippen molar-refractivity contribution < 1.29 is 9.53 Å². The standard InChI is InChI=1S/C12H17NO2/c1-12(2,15-3)7-4-11(14)10-5-8-13-9-6-10/h5-6,8-9H,4,7H2,1-3H3. The summed E-state index contributed by atoms with van der Waals surface area (Å²) in [4.78, 5) is 15.6. The molecular weight excluding hydrogens is 190 g/mol. The van der Waals surface area contributed by atoms with Crippen LogP contribution in [0.1, 0.15) is 37.0 Å². The topological polar surface area (TPSA) is 39.2 Å². The maximum Gasteiger partial charge on any atom is 0.163 e. The van der Waals surface area contributed by atoms with Gasteiger partial charge in [-0.05, 0) is 32.4 Å². The third-order valence-electron chi connectivity index (χ3n) is 2.51. The molecule has 0 aliphatic rings. The summed E-state index contributed by atoms with van der Waals surface area (Å²) in [5, 5.41) is 0. The van der Waals surface area contributed by atoms with E-state index in [1.807, 2.05) is 13.8 Å². The average Bonchev–Trinajstić information content (AvgIpc) is 2.27. The Morgan fingerprint density at radius 2 is 2.00 bits per heavy atom. The summed E-state index contributed by atoms with van der Waals surface area (Å²) in [6.07, 6.45) is 4.50. The van der Waals surface area contributed by atoms with Crippen molar-refractivity contribution in [2.75, 3.05) is 7.11 Å². The summed E-state index contributed by atoms with van der Waals surface area (Å²) in [7, 11) is 1.66. The van der Waals surface area contributed by atoms with Crippen molar-refractivity contribution in [2.45, 2.75) is 32.3 Å². The minimum Gasteiger partial charge on any atom is -0.379 e. The van der Waals surface area contributed by atoms with Gasteiger partial charge in [-0.2, -0.15) is 0 Å². The predicted molar refractivity (Wildman–Crippen MR) is 58.9 cm³/mol. The van der Waals surface area contributed by atoms with Gasteiger partial charge in [0.1, 0.15) is 0 Å². The third kappa shape index (κ3) is 3.80. The van der Waals surface area contributed by atoms with E-state index in [9.17, 15) is 4.79 Å². The van der Waals surface area contributed by atoms with Gasteiger partial charge >= 0.3 is 0 Å². The SMILES string of the molecule is COC(C)(C)CCC(=O)c1ccncc1. The number of pyridine rings is 1. The van der Waals surface area contributed by atoms with Crippen LogP contribution in [0.4, 0.5) is 0 Å². The number of methoxy groups -OCH3 is 1. The smallest absolute Gasteiger partial charge is 0.163 e. The van der Waals surface area contributed by atoms with Crippen LogP contribution in [-0.2, 0) is 4.74 Å². The third-order valence-corrected chi connectivity index (χ3v) is 2.51. The van der Waals surface area contributed by atoms with E-state index in [0.717, 1.165) is 12.0 Å². The van der Waals surface area contributed by atoms with E-state index in [4.69, 9.17) is 4.74 Å². The van der Waals surface area contributed by atoms with Crippen LogP contribution in [0.25, 0.3) is 0 Å². The van der Waals surface area contributed by atoms with Gasteiger partial charge in [0.2, 0.25) is 0 Å². The highest BCUT2D eigenvalue weighted by Gasteiger charge is 2.18. The normalized spacial score (nSPS) is 11.4. The second kappa shape index (κ2) is 5.03. The molecule has 3 heteroatoms. The second-order valence-electron chi connectivity index (χ2n) is 4.12. The molecule has 0 aliphatic carbocycles.